The minimum Gasteiger partial charge on any atom is -0.496 e. The van der Waals surface area contributed by atoms with Gasteiger partial charge in [-0.15, -0.1) is 0 Å². The monoisotopic (exact) mass is 782 g/mol. The lowest BCUT2D eigenvalue weighted by molar-refractivity contribution is -0.225. The number of methoxy groups -OCH3 is 4. The van der Waals surface area contributed by atoms with Gasteiger partial charge in [0.2, 0.25) is 5.60 Å². The molecule has 0 amide bonds. The second-order valence-corrected chi connectivity index (χ2v) is 17.8. The third-order valence-electron chi connectivity index (χ3n) is 15.6. The first-order chi connectivity index (χ1) is 27.4. The molecule has 1 aromatic heterocycles. The number of benzene rings is 2. The molecule has 5 aliphatic heterocycles. The van der Waals surface area contributed by atoms with E-state index in [1.807, 2.05) is 37.1 Å². The zero-order chi connectivity index (χ0) is 40.3. The highest BCUT2D eigenvalue weighted by Gasteiger charge is 2.79. The normalized spacial score (nSPS) is 38.0. The van der Waals surface area contributed by atoms with Gasteiger partial charge in [-0.1, -0.05) is 44.2 Å². The number of aromatic nitrogens is 1. The minimum atomic E-state index is -2.06. The fourth-order valence-corrected chi connectivity index (χ4v) is 13.5. The number of ether oxygens (including phenoxy) is 4. The quantitative estimate of drug-likeness (QED) is 0.237. The molecule has 6 aliphatic rings. The molecule has 12 heteroatoms. The number of aromatic amines is 1. The number of carbonyl (C=O) groups excluding carboxylic acids is 2. The van der Waals surface area contributed by atoms with Crippen molar-refractivity contribution in [2.45, 2.75) is 92.6 Å². The third kappa shape index (κ3) is 4.85. The summed E-state index contributed by atoms with van der Waals surface area (Å²) < 4.78 is 24.1. The lowest BCUT2D eigenvalue weighted by atomic mass is 9.47. The van der Waals surface area contributed by atoms with E-state index < -0.39 is 51.5 Å². The molecule has 306 valence electrons. The number of anilines is 1. The number of rotatable bonds is 7. The second kappa shape index (κ2) is 13.3. The average molecular weight is 783 g/mol. The number of carbonyl (C=O) groups is 2. The summed E-state index contributed by atoms with van der Waals surface area (Å²) in [5.41, 5.74) is -0.635. The van der Waals surface area contributed by atoms with Crippen molar-refractivity contribution >= 4 is 28.5 Å². The SMILES string of the molecule is CC[C@]1(O)CC2CN(CCc3c([nH]c4ccccc34)[C@](C(=O)OC)(c3cc4c(cc3OC)N(C)C3C45CCN4CC=C[C@](CC)(C45)[C@@H](OC)[C@]3(O)C(=O)OC)C2)C1. The molecular formula is C45H58N4O8. The number of H-pyrrole nitrogens is 1. The van der Waals surface area contributed by atoms with Crippen LogP contribution in [0.25, 0.3) is 10.9 Å². The largest absolute Gasteiger partial charge is 0.496 e. The highest BCUT2D eigenvalue weighted by atomic mass is 16.6. The average Bonchev–Trinajstić information content (AvgIpc) is 3.88. The van der Waals surface area contributed by atoms with Gasteiger partial charge in [0, 0.05) is 91.1 Å². The van der Waals surface area contributed by atoms with Crippen molar-refractivity contribution in [3.05, 3.63) is 70.9 Å². The molecule has 12 nitrogen and oxygen atoms in total. The number of nitrogens with one attached hydrogen (secondary N) is 1. The summed E-state index contributed by atoms with van der Waals surface area (Å²) in [5, 5.41) is 26.2. The van der Waals surface area contributed by atoms with Gasteiger partial charge in [0.15, 0.2) is 0 Å². The minimum absolute atomic E-state index is 0.0635. The first-order valence-corrected chi connectivity index (χ1v) is 20.7. The predicted octanol–water partition coefficient (Wildman–Crippen LogP) is 4.07. The van der Waals surface area contributed by atoms with Crippen LogP contribution in [0.4, 0.5) is 5.69 Å². The van der Waals surface area contributed by atoms with E-state index in [0.717, 1.165) is 59.6 Å². The zero-order valence-corrected chi connectivity index (χ0v) is 34.4. The molecule has 6 heterocycles. The molecule has 0 radical (unpaired) electrons. The maximum atomic E-state index is 15.3. The lowest BCUT2D eigenvalue weighted by Gasteiger charge is -2.63. The number of hydrogen-bond donors (Lipinski definition) is 3. The first-order valence-electron chi connectivity index (χ1n) is 20.7. The van der Waals surface area contributed by atoms with Crippen molar-refractivity contribution in [3.63, 3.8) is 0 Å². The van der Waals surface area contributed by atoms with Gasteiger partial charge in [-0.2, -0.15) is 0 Å². The Hall–Kier alpha value is -3.94. The van der Waals surface area contributed by atoms with E-state index in [-0.39, 0.29) is 12.0 Å². The fourth-order valence-electron chi connectivity index (χ4n) is 13.5. The van der Waals surface area contributed by atoms with E-state index in [4.69, 9.17) is 18.9 Å². The fraction of sp³-hybridized carbons (Fsp3) is 0.600. The maximum Gasteiger partial charge on any atom is 0.342 e. The predicted molar refractivity (Wildman–Crippen MR) is 216 cm³/mol. The molecule has 9 rings (SSSR count). The van der Waals surface area contributed by atoms with Crippen LogP contribution in [0.1, 0.15) is 68.3 Å². The number of piperidine rings is 1. The number of hydrogen-bond acceptors (Lipinski definition) is 11. The van der Waals surface area contributed by atoms with Crippen molar-refractivity contribution < 1.29 is 38.7 Å². The Balaban J connectivity index is 1.37. The van der Waals surface area contributed by atoms with Crippen LogP contribution < -0.4 is 9.64 Å². The van der Waals surface area contributed by atoms with Gasteiger partial charge in [-0.3, -0.25) is 14.6 Å². The molecule has 2 aromatic carbocycles. The standard InChI is InChI=1S/C45H58N4O8/c1-8-41(52)23-27-24-44(39(50)56-6,35-29(15-19-48(25-27)26-41)28-13-10-11-14-32(28)46-35)31-21-30-33(22-34(31)54-4)47(3)37-43(30)17-20-49-18-12-16-42(9-2,36(43)49)38(55-5)45(37,53)40(51)57-7/h10-14,16,21-22,27,36-38,46,52-53H,8-9,15,17-20,23-26H2,1-7H3/t27?,36?,37?,38-,41+,42-,43?,44-,45+/m1/s1. The van der Waals surface area contributed by atoms with Gasteiger partial charge in [0.05, 0.1) is 33.0 Å². The highest BCUT2D eigenvalue weighted by Crippen LogP contribution is 2.68. The molecule has 1 saturated carbocycles. The summed E-state index contributed by atoms with van der Waals surface area (Å²) in [7, 11) is 7.93. The van der Waals surface area contributed by atoms with Crippen molar-refractivity contribution in [1.29, 1.82) is 0 Å². The molecule has 3 N–H and O–H groups in total. The van der Waals surface area contributed by atoms with Crippen LogP contribution in [0.5, 0.6) is 5.75 Å². The Labute approximate surface area is 335 Å². The van der Waals surface area contributed by atoms with Crippen LogP contribution in [-0.2, 0) is 41.1 Å². The van der Waals surface area contributed by atoms with Gasteiger partial charge < -0.3 is 39.0 Å². The summed E-state index contributed by atoms with van der Waals surface area (Å²) in [6.07, 6.45) is 6.88. The van der Waals surface area contributed by atoms with Crippen molar-refractivity contribution in [1.82, 2.24) is 14.8 Å². The van der Waals surface area contributed by atoms with Gasteiger partial charge in [0.25, 0.3) is 0 Å². The van der Waals surface area contributed by atoms with Crippen LogP contribution in [0.15, 0.2) is 48.6 Å². The molecule has 3 aromatic rings. The summed E-state index contributed by atoms with van der Waals surface area (Å²) in [5.74, 6) is -0.692. The molecule has 3 fully saturated rings. The molecular weight excluding hydrogens is 725 g/mol. The summed E-state index contributed by atoms with van der Waals surface area (Å²) >= 11 is 0. The number of fused-ring (bicyclic) bond motifs is 6. The summed E-state index contributed by atoms with van der Waals surface area (Å²) in [6.45, 7) is 7.68. The van der Waals surface area contributed by atoms with Crippen LogP contribution in [0.2, 0.25) is 0 Å². The van der Waals surface area contributed by atoms with Crippen molar-refractivity contribution in [2.24, 2.45) is 11.3 Å². The van der Waals surface area contributed by atoms with Crippen molar-refractivity contribution in [3.8, 4) is 5.75 Å². The topological polar surface area (TPSA) is 137 Å². The van der Waals surface area contributed by atoms with E-state index in [0.29, 0.717) is 56.4 Å². The number of nitrogens with zero attached hydrogens (tertiary/aromatic N) is 3. The van der Waals surface area contributed by atoms with E-state index in [9.17, 15) is 15.0 Å². The van der Waals surface area contributed by atoms with E-state index in [2.05, 4.69) is 52.1 Å². The number of esters is 2. The molecule has 1 aliphatic carbocycles. The molecule has 10 atom stereocenters. The Morgan fingerprint density at radius 3 is 2.42 bits per heavy atom. The maximum absolute atomic E-state index is 15.3. The van der Waals surface area contributed by atoms with Gasteiger partial charge >= 0.3 is 11.9 Å². The molecule has 1 spiro atoms. The second-order valence-electron chi connectivity index (χ2n) is 17.8. The Morgan fingerprint density at radius 1 is 0.947 bits per heavy atom. The Kier molecular flexibility index (Phi) is 8.99. The van der Waals surface area contributed by atoms with Crippen LogP contribution in [0.3, 0.4) is 0 Å². The number of aliphatic hydroxyl groups is 2. The van der Waals surface area contributed by atoms with Gasteiger partial charge in [0.1, 0.15) is 17.3 Å². The Bertz CT molecular complexity index is 2150. The third-order valence-corrected chi connectivity index (χ3v) is 15.6. The van der Waals surface area contributed by atoms with Gasteiger partial charge in [-0.05, 0) is 74.2 Å². The summed E-state index contributed by atoms with van der Waals surface area (Å²) in [4.78, 5) is 40.2. The highest BCUT2D eigenvalue weighted by molar-refractivity contribution is 5.95. The van der Waals surface area contributed by atoms with Crippen LogP contribution in [0, 0.1) is 11.3 Å². The summed E-state index contributed by atoms with van der Waals surface area (Å²) in [6, 6.07) is 11.5. The van der Waals surface area contributed by atoms with Crippen LogP contribution >= 0.6 is 0 Å². The lowest BCUT2D eigenvalue weighted by Crippen LogP contribution is -2.81. The van der Waals surface area contributed by atoms with Crippen molar-refractivity contribution in [2.75, 3.05) is 73.1 Å². The number of para-hydroxylation sites is 1. The van der Waals surface area contributed by atoms with Gasteiger partial charge in [-0.25, -0.2) is 4.79 Å². The van der Waals surface area contributed by atoms with E-state index in [1.165, 1.54) is 14.2 Å². The molecule has 5 unspecified atom stereocenters. The van der Waals surface area contributed by atoms with Crippen LogP contribution in [-0.4, -0.2) is 135 Å². The zero-order valence-electron chi connectivity index (χ0n) is 34.4. The number of likely N-dealkylation sites (N-methyl/N-ethyl adjacent to an activating group) is 1. The smallest absolute Gasteiger partial charge is 0.342 e. The first kappa shape index (κ1) is 38.6. The van der Waals surface area contributed by atoms with E-state index in [1.54, 1.807) is 14.2 Å². The Morgan fingerprint density at radius 2 is 1.72 bits per heavy atom. The molecule has 2 saturated heterocycles. The molecule has 57 heavy (non-hydrogen) atoms. The molecule has 2 bridgehead atoms. The van der Waals surface area contributed by atoms with E-state index >= 15 is 4.79 Å².